The van der Waals surface area contributed by atoms with Gasteiger partial charge in [0, 0.05) is 61.7 Å². The van der Waals surface area contributed by atoms with Gasteiger partial charge >= 0.3 is 0 Å². The first-order chi connectivity index (χ1) is 21.9. The van der Waals surface area contributed by atoms with Crippen LogP contribution in [-0.4, -0.2) is 25.5 Å². The van der Waals surface area contributed by atoms with Gasteiger partial charge in [0.05, 0.1) is 16.8 Å². The van der Waals surface area contributed by atoms with E-state index < -0.39 is 102 Å². The molecule has 1 aliphatic rings. The van der Waals surface area contributed by atoms with E-state index >= 15 is 0 Å². The van der Waals surface area contributed by atoms with E-state index in [2.05, 4.69) is 15.1 Å². The summed E-state index contributed by atoms with van der Waals surface area (Å²) in [6.07, 6.45) is -4.96. The summed E-state index contributed by atoms with van der Waals surface area (Å²) in [5, 5.41) is 3.30. The lowest BCUT2D eigenvalue weighted by atomic mass is 9.86. The fourth-order valence-corrected chi connectivity index (χ4v) is 5.78. The Morgan fingerprint density at radius 1 is 1.00 bits per heavy atom. The number of ketones is 1. The Bertz CT molecular complexity index is 1800. The van der Waals surface area contributed by atoms with Gasteiger partial charge in [0.15, 0.2) is 5.78 Å². The molecule has 0 unspecified atom stereocenters. The number of carbonyl (C=O) groups excluding carboxylic acids is 1. The summed E-state index contributed by atoms with van der Waals surface area (Å²) in [5.74, 6) is -16.0. The van der Waals surface area contributed by atoms with Crippen molar-refractivity contribution in [1.29, 1.82) is 0 Å². The summed E-state index contributed by atoms with van der Waals surface area (Å²) in [5.41, 5.74) is 0.612. The summed E-state index contributed by atoms with van der Waals surface area (Å²) >= 11 is 0. The molecule has 6 nitrogen and oxygen atoms in total. The van der Waals surface area contributed by atoms with Gasteiger partial charge < -0.3 is 5.73 Å². The molecule has 2 N–H and O–H groups in total. The van der Waals surface area contributed by atoms with Crippen LogP contribution in [0.1, 0.15) is 72.3 Å². The Morgan fingerprint density at radius 2 is 1.66 bits per heavy atom. The van der Waals surface area contributed by atoms with Crippen LogP contribution in [0.5, 0.6) is 0 Å². The number of halogens is 10. The maximum Gasteiger partial charge on any atom is 0.290 e. The minimum Gasteiger partial charge on any atom is -0.383 e. The monoisotopic (exact) mass is 673 g/mol. The van der Waals surface area contributed by atoms with Crippen molar-refractivity contribution in [2.24, 2.45) is 0 Å². The van der Waals surface area contributed by atoms with E-state index in [-0.39, 0.29) is 33.5 Å². The Kier molecular flexibility index (Phi) is 8.83. The summed E-state index contributed by atoms with van der Waals surface area (Å²) in [4.78, 5) is 21.6. The zero-order valence-corrected chi connectivity index (χ0v) is 24.4. The van der Waals surface area contributed by atoms with Gasteiger partial charge in [-0.3, -0.25) is 14.5 Å². The molecular formula is C31H25F10N5O. The van der Waals surface area contributed by atoms with Gasteiger partial charge in [-0.25, -0.2) is 40.1 Å². The number of nitrogens with two attached hydrogens (primary N) is 1. The van der Waals surface area contributed by atoms with Crippen LogP contribution in [0.4, 0.5) is 49.7 Å². The summed E-state index contributed by atoms with van der Waals surface area (Å²) in [6.45, 7) is -0.534. The average Bonchev–Trinajstić information content (AvgIpc) is 3.36. The normalized spacial score (nSPS) is 16.3. The molecule has 0 aliphatic heterocycles. The predicted octanol–water partition coefficient (Wildman–Crippen LogP) is 8.21. The lowest BCUT2D eigenvalue weighted by Crippen LogP contribution is -2.33. The first-order valence-corrected chi connectivity index (χ1v) is 14.1. The third kappa shape index (κ3) is 6.95. The molecule has 16 heteroatoms. The zero-order valence-electron chi connectivity index (χ0n) is 24.4. The summed E-state index contributed by atoms with van der Waals surface area (Å²) in [6, 6.07) is 6.45. The highest BCUT2D eigenvalue weighted by atomic mass is 19.3. The number of pyridine rings is 2. The van der Waals surface area contributed by atoms with Crippen LogP contribution < -0.4 is 5.73 Å². The first-order valence-electron chi connectivity index (χ1n) is 14.1. The van der Waals surface area contributed by atoms with E-state index in [4.69, 9.17) is 5.73 Å². The predicted molar refractivity (Wildman–Crippen MR) is 148 cm³/mol. The lowest BCUT2D eigenvalue weighted by molar-refractivity contribution is -0.121. The van der Waals surface area contributed by atoms with Gasteiger partial charge in [0.25, 0.3) is 24.2 Å². The van der Waals surface area contributed by atoms with E-state index in [1.165, 1.54) is 18.3 Å². The van der Waals surface area contributed by atoms with Crippen LogP contribution >= 0.6 is 0 Å². The highest BCUT2D eigenvalue weighted by Gasteiger charge is 2.55. The topological polar surface area (TPSA) is 86.7 Å². The fraction of sp³-hybridized carbons (Fsp3) is 0.355. The van der Waals surface area contributed by atoms with E-state index in [1.54, 1.807) is 0 Å². The van der Waals surface area contributed by atoms with E-state index in [1.807, 2.05) is 0 Å². The molecule has 1 atom stereocenters. The van der Waals surface area contributed by atoms with Gasteiger partial charge in [-0.1, -0.05) is 6.07 Å². The maximum absolute atomic E-state index is 14.9. The molecule has 0 saturated carbocycles. The van der Waals surface area contributed by atoms with Crippen LogP contribution in [0.2, 0.25) is 0 Å². The molecule has 0 amide bonds. The minimum atomic E-state index is -4.06. The number of hydrogen-bond acceptors (Lipinski definition) is 5. The van der Waals surface area contributed by atoms with Crippen LogP contribution in [0.15, 0.2) is 48.8 Å². The SMILES string of the molecule is CC(F)(F)c1cc(-c2cccnc2[C@@H](CC(=O)Cn2nc(C(F)F)c3c2C(F)(F)CCC3(F)F)Cc2cc(F)cc(F)c2)cnc1N. The number of aromatic nitrogens is 4. The average molecular weight is 674 g/mol. The molecule has 0 spiro atoms. The minimum absolute atomic E-state index is 0.0238. The Morgan fingerprint density at radius 3 is 2.30 bits per heavy atom. The number of Topliss-reactive ketones (excluding diaryl/α,β-unsaturated/α-hetero) is 1. The molecule has 47 heavy (non-hydrogen) atoms. The molecule has 1 aromatic carbocycles. The van der Waals surface area contributed by atoms with Gasteiger partial charge in [-0.2, -0.15) is 13.9 Å². The number of fused-ring (bicyclic) bond motifs is 1. The molecule has 250 valence electrons. The van der Waals surface area contributed by atoms with Gasteiger partial charge in [0.2, 0.25) is 0 Å². The first kappa shape index (κ1) is 33.9. The van der Waals surface area contributed by atoms with Crippen molar-refractivity contribution in [1.82, 2.24) is 19.7 Å². The third-order valence-electron chi connectivity index (χ3n) is 7.78. The number of rotatable bonds is 10. The second-order valence-corrected chi connectivity index (χ2v) is 11.4. The van der Waals surface area contributed by atoms with Crippen molar-refractivity contribution in [2.75, 3.05) is 5.73 Å². The molecule has 1 aliphatic carbocycles. The summed E-state index contributed by atoms with van der Waals surface area (Å²) in [7, 11) is 0. The quantitative estimate of drug-likeness (QED) is 0.172. The number of nitrogens with zero attached hydrogens (tertiary/aromatic N) is 4. The number of hydrogen-bond donors (Lipinski definition) is 1. The Hall–Kier alpha value is -4.50. The molecule has 0 bridgehead atoms. The van der Waals surface area contributed by atoms with Crippen molar-refractivity contribution >= 4 is 11.6 Å². The molecule has 3 heterocycles. The van der Waals surface area contributed by atoms with E-state index in [0.29, 0.717) is 13.0 Å². The molecule has 3 aromatic heterocycles. The fourth-order valence-electron chi connectivity index (χ4n) is 5.78. The van der Waals surface area contributed by atoms with Crippen molar-refractivity contribution in [2.45, 2.75) is 69.3 Å². The van der Waals surface area contributed by atoms with Crippen molar-refractivity contribution in [3.63, 3.8) is 0 Å². The van der Waals surface area contributed by atoms with Crippen LogP contribution in [0.3, 0.4) is 0 Å². The Labute approximate surface area is 260 Å². The Balaban J connectivity index is 1.57. The van der Waals surface area contributed by atoms with Crippen LogP contribution in [0.25, 0.3) is 11.1 Å². The molecule has 0 fully saturated rings. The molecule has 0 radical (unpaired) electrons. The second-order valence-electron chi connectivity index (χ2n) is 11.4. The van der Waals surface area contributed by atoms with Gasteiger partial charge in [0.1, 0.15) is 35.4 Å². The second kappa shape index (κ2) is 12.3. The number of nitrogen functional groups attached to an aromatic ring is 1. The number of anilines is 1. The zero-order chi connectivity index (χ0) is 34.5. The summed E-state index contributed by atoms with van der Waals surface area (Å²) < 4.78 is 143. The highest BCUT2D eigenvalue weighted by Crippen LogP contribution is 2.52. The smallest absolute Gasteiger partial charge is 0.290 e. The number of benzene rings is 1. The van der Waals surface area contributed by atoms with Crippen LogP contribution in [0, 0.1) is 11.6 Å². The van der Waals surface area contributed by atoms with Crippen molar-refractivity contribution in [3.05, 3.63) is 94.2 Å². The molecule has 5 rings (SSSR count). The highest BCUT2D eigenvalue weighted by molar-refractivity contribution is 5.80. The molecule has 4 aromatic rings. The van der Waals surface area contributed by atoms with E-state index in [9.17, 15) is 48.7 Å². The largest absolute Gasteiger partial charge is 0.383 e. The molecular weight excluding hydrogens is 648 g/mol. The molecule has 0 saturated heterocycles. The van der Waals surface area contributed by atoms with Gasteiger partial charge in [-0.15, -0.1) is 0 Å². The van der Waals surface area contributed by atoms with Crippen molar-refractivity contribution < 1.29 is 48.7 Å². The number of alkyl halides is 8. The van der Waals surface area contributed by atoms with Crippen LogP contribution in [-0.2, 0) is 35.5 Å². The third-order valence-corrected chi connectivity index (χ3v) is 7.78. The number of carbonyl (C=O) groups is 1. The lowest BCUT2D eigenvalue weighted by Gasteiger charge is -2.29. The van der Waals surface area contributed by atoms with E-state index in [0.717, 1.165) is 24.4 Å². The van der Waals surface area contributed by atoms with Gasteiger partial charge in [-0.05, 0) is 36.2 Å². The standard InChI is InChI=1S/C31H25F10N5O/c1-29(36,37)22-11-17(13-44-28(22)42)21-3-2-6-43-24(21)16(7-15-8-18(32)12-19(33)9-15)10-20(47)14-46-26-23(25(45-46)27(34)35)30(38,39)4-5-31(26,40)41/h2-3,6,8-9,11-13,16,27H,4-5,7,10,14H2,1H3,(H2,42,44)/t16-/m1/s1. The maximum atomic E-state index is 14.9. The van der Waals surface area contributed by atoms with Crippen molar-refractivity contribution in [3.8, 4) is 11.1 Å².